The zero-order chi connectivity index (χ0) is 18.4. The number of rotatable bonds is 7. The van der Waals surface area contributed by atoms with Crippen LogP contribution in [-0.2, 0) is 21.2 Å². The molecule has 2 aromatic rings. The van der Waals surface area contributed by atoms with Crippen LogP contribution >= 0.6 is 0 Å². The van der Waals surface area contributed by atoms with E-state index in [2.05, 4.69) is 10.0 Å². The van der Waals surface area contributed by atoms with E-state index < -0.39 is 15.9 Å². The first-order valence-electron chi connectivity index (χ1n) is 8.23. The van der Waals surface area contributed by atoms with Gasteiger partial charge in [0.1, 0.15) is 13.2 Å². The van der Waals surface area contributed by atoms with Crippen molar-refractivity contribution in [2.24, 2.45) is 0 Å². The Kier molecular flexibility index (Phi) is 5.75. The number of hydrogen-bond acceptors (Lipinski definition) is 5. The third-order valence-corrected chi connectivity index (χ3v) is 5.11. The first-order chi connectivity index (χ1) is 12.5. The van der Waals surface area contributed by atoms with E-state index in [9.17, 15) is 13.2 Å². The maximum absolute atomic E-state index is 12.0. The van der Waals surface area contributed by atoms with Gasteiger partial charge in [-0.15, -0.1) is 0 Å². The Balaban J connectivity index is 1.48. The molecule has 2 aromatic carbocycles. The molecule has 0 aromatic heterocycles. The third-order valence-electron chi connectivity index (χ3n) is 3.78. The summed E-state index contributed by atoms with van der Waals surface area (Å²) >= 11 is 0. The molecule has 26 heavy (non-hydrogen) atoms. The maximum atomic E-state index is 12.0. The molecule has 8 heteroatoms. The highest BCUT2D eigenvalue weighted by molar-refractivity contribution is 7.89. The molecule has 0 spiro atoms. The summed E-state index contributed by atoms with van der Waals surface area (Å²) in [5, 5.41) is 2.64. The summed E-state index contributed by atoms with van der Waals surface area (Å²) < 4.78 is 37.2. The summed E-state index contributed by atoms with van der Waals surface area (Å²) in [6.45, 7) is 0.612. The van der Waals surface area contributed by atoms with E-state index in [-0.39, 0.29) is 12.3 Å². The largest absolute Gasteiger partial charge is 0.486 e. The van der Waals surface area contributed by atoms with Gasteiger partial charge in [-0.1, -0.05) is 30.3 Å². The number of amides is 1. The number of aryl methyl sites for hydroxylation is 1. The number of anilines is 1. The topological polar surface area (TPSA) is 93.7 Å². The fraction of sp³-hybridized carbons (Fsp3) is 0.278. The Labute approximate surface area is 152 Å². The molecule has 0 atom stereocenters. The van der Waals surface area contributed by atoms with Crippen LogP contribution in [0.2, 0.25) is 0 Å². The number of benzene rings is 2. The van der Waals surface area contributed by atoms with Gasteiger partial charge in [0.25, 0.3) is 0 Å². The van der Waals surface area contributed by atoms with Gasteiger partial charge in [-0.05, 0) is 24.1 Å². The van der Waals surface area contributed by atoms with Gasteiger partial charge in [0.05, 0.1) is 12.3 Å². The Morgan fingerprint density at radius 1 is 1.00 bits per heavy atom. The molecular weight excluding hydrogens is 356 g/mol. The summed E-state index contributed by atoms with van der Waals surface area (Å²) in [4.78, 5) is 12.0. The molecule has 7 nitrogen and oxygen atoms in total. The van der Waals surface area contributed by atoms with E-state index in [0.29, 0.717) is 36.8 Å². The number of carbonyl (C=O) groups is 1. The second-order valence-corrected chi connectivity index (χ2v) is 7.71. The molecule has 3 rings (SSSR count). The summed E-state index contributed by atoms with van der Waals surface area (Å²) in [5.41, 5.74) is 1.45. The van der Waals surface area contributed by atoms with Crippen LogP contribution in [0.25, 0.3) is 0 Å². The Morgan fingerprint density at radius 3 is 2.50 bits per heavy atom. The molecule has 0 unspecified atom stereocenters. The standard InChI is InChI=1S/C18H20N2O5S/c21-18(20-15-6-7-16-17(12-15)25-10-9-24-16)13-19-26(22,23)11-8-14-4-2-1-3-5-14/h1-7,12,19H,8-11,13H2,(H,20,21). The van der Waals surface area contributed by atoms with E-state index in [1.54, 1.807) is 18.2 Å². The lowest BCUT2D eigenvalue weighted by Crippen LogP contribution is -2.34. The quantitative estimate of drug-likeness (QED) is 0.765. The zero-order valence-electron chi connectivity index (χ0n) is 14.1. The third kappa shape index (κ3) is 5.21. The number of carbonyl (C=O) groups excluding carboxylic acids is 1. The highest BCUT2D eigenvalue weighted by Gasteiger charge is 2.15. The summed E-state index contributed by atoms with van der Waals surface area (Å²) in [7, 11) is -3.54. The monoisotopic (exact) mass is 376 g/mol. The van der Waals surface area contributed by atoms with Crippen LogP contribution in [0.5, 0.6) is 11.5 Å². The van der Waals surface area contributed by atoms with Gasteiger partial charge in [0, 0.05) is 11.8 Å². The minimum atomic E-state index is -3.54. The van der Waals surface area contributed by atoms with E-state index >= 15 is 0 Å². The normalized spacial score (nSPS) is 13.2. The van der Waals surface area contributed by atoms with Crippen molar-refractivity contribution in [1.29, 1.82) is 0 Å². The van der Waals surface area contributed by atoms with Gasteiger partial charge in [0.2, 0.25) is 15.9 Å². The fourth-order valence-electron chi connectivity index (χ4n) is 2.47. The average molecular weight is 376 g/mol. The van der Waals surface area contributed by atoms with Gasteiger partial charge < -0.3 is 14.8 Å². The number of fused-ring (bicyclic) bond motifs is 1. The lowest BCUT2D eigenvalue weighted by Gasteiger charge is -2.19. The molecule has 0 radical (unpaired) electrons. The van der Waals surface area contributed by atoms with Crippen LogP contribution in [-0.4, -0.2) is 39.8 Å². The highest BCUT2D eigenvalue weighted by atomic mass is 32.2. The van der Waals surface area contributed by atoms with Crippen molar-refractivity contribution in [2.45, 2.75) is 6.42 Å². The number of ether oxygens (including phenoxy) is 2. The number of nitrogens with one attached hydrogen (secondary N) is 2. The Morgan fingerprint density at radius 2 is 1.73 bits per heavy atom. The van der Waals surface area contributed by atoms with Crippen molar-refractivity contribution in [2.75, 3.05) is 30.8 Å². The van der Waals surface area contributed by atoms with Crippen LogP contribution in [0.1, 0.15) is 5.56 Å². The van der Waals surface area contributed by atoms with Gasteiger partial charge in [-0.2, -0.15) is 0 Å². The van der Waals surface area contributed by atoms with E-state index in [4.69, 9.17) is 9.47 Å². The van der Waals surface area contributed by atoms with Gasteiger partial charge in [-0.25, -0.2) is 13.1 Å². The fourth-order valence-corrected chi connectivity index (χ4v) is 3.47. The van der Waals surface area contributed by atoms with Crippen molar-refractivity contribution in [3.05, 3.63) is 54.1 Å². The van der Waals surface area contributed by atoms with Crippen LogP contribution in [0.15, 0.2) is 48.5 Å². The van der Waals surface area contributed by atoms with Gasteiger partial charge >= 0.3 is 0 Å². The lowest BCUT2D eigenvalue weighted by atomic mass is 10.2. The molecule has 0 aliphatic carbocycles. The molecule has 1 aliphatic heterocycles. The predicted molar refractivity (Wildman–Crippen MR) is 98.0 cm³/mol. The van der Waals surface area contributed by atoms with Gasteiger partial charge in [0.15, 0.2) is 11.5 Å². The second-order valence-electron chi connectivity index (χ2n) is 5.78. The molecular formula is C18H20N2O5S. The van der Waals surface area contributed by atoms with Crippen molar-refractivity contribution in [3.8, 4) is 11.5 Å². The molecule has 1 heterocycles. The predicted octanol–water partition coefficient (Wildman–Crippen LogP) is 1.56. The van der Waals surface area contributed by atoms with Crippen molar-refractivity contribution >= 4 is 21.6 Å². The molecule has 2 N–H and O–H groups in total. The average Bonchev–Trinajstić information content (AvgIpc) is 2.66. The second kappa shape index (κ2) is 8.20. The van der Waals surface area contributed by atoms with Crippen LogP contribution in [0.3, 0.4) is 0 Å². The highest BCUT2D eigenvalue weighted by Crippen LogP contribution is 2.32. The van der Waals surface area contributed by atoms with Gasteiger partial charge in [-0.3, -0.25) is 4.79 Å². The van der Waals surface area contributed by atoms with E-state index in [0.717, 1.165) is 5.56 Å². The zero-order valence-corrected chi connectivity index (χ0v) is 14.9. The smallest absolute Gasteiger partial charge is 0.239 e. The van der Waals surface area contributed by atoms with Crippen molar-refractivity contribution in [3.63, 3.8) is 0 Å². The van der Waals surface area contributed by atoms with Crippen molar-refractivity contribution < 1.29 is 22.7 Å². The molecule has 138 valence electrons. The van der Waals surface area contributed by atoms with Crippen LogP contribution < -0.4 is 19.5 Å². The van der Waals surface area contributed by atoms with Crippen LogP contribution in [0, 0.1) is 0 Å². The van der Waals surface area contributed by atoms with E-state index in [1.165, 1.54) is 0 Å². The van der Waals surface area contributed by atoms with E-state index in [1.807, 2.05) is 30.3 Å². The summed E-state index contributed by atoms with van der Waals surface area (Å²) in [5.74, 6) is 0.646. The molecule has 1 amide bonds. The Hall–Kier alpha value is -2.58. The van der Waals surface area contributed by atoms with Crippen LogP contribution in [0.4, 0.5) is 5.69 Å². The molecule has 0 saturated carbocycles. The molecule has 0 bridgehead atoms. The first kappa shape index (κ1) is 18.2. The minimum Gasteiger partial charge on any atom is -0.486 e. The minimum absolute atomic E-state index is 0.0751. The number of hydrogen-bond donors (Lipinski definition) is 2. The Bertz CT molecular complexity index is 868. The first-order valence-corrected chi connectivity index (χ1v) is 9.88. The summed E-state index contributed by atoms with van der Waals surface area (Å²) in [6.07, 6.45) is 0.389. The SMILES string of the molecule is O=C(CNS(=O)(=O)CCc1ccccc1)Nc1ccc2c(c1)OCCO2. The molecule has 0 saturated heterocycles. The summed E-state index contributed by atoms with van der Waals surface area (Å²) in [6, 6.07) is 14.3. The van der Waals surface area contributed by atoms with Crippen molar-refractivity contribution in [1.82, 2.24) is 4.72 Å². The number of sulfonamides is 1. The lowest BCUT2D eigenvalue weighted by molar-refractivity contribution is -0.115. The molecule has 0 fully saturated rings. The maximum Gasteiger partial charge on any atom is 0.239 e. The molecule has 1 aliphatic rings.